The standard InChI is InChI=1S/C16H29N3S/c1-4-14(2)19-11-9-18(10-12-19)8-7-17-13-16-6-5-15(3)20-16/h5-6,14,17H,4,7-13H2,1-3H3. The van der Waals surface area contributed by atoms with Crippen LogP contribution in [0.5, 0.6) is 0 Å². The molecular formula is C16H29N3S. The first kappa shape index (κ1) is 16.0. The molecule has 0 radical (unpaired) electrons. The number of piperazine rings is 1. The molecule has 0 aromatic carbocycles. The number of nitrogens with one attached hydrogen (secondary N) is 1. The Hall–Kier alpha value is -0.420. The van der Waals surface area contributed by atoms with E-state index < -0.39 is 0 Å². The predicted molar refractivity (Wildman–Crippen MR) is 88.5 cm³/mol. The number of aryl methyl sites for hydroxylation is 1. The summed E-state index contributed by atoms with van der Waals surface area (Å²) in [4.78, 5) is 8.07. The van der Waals surface area contributed by atoms with Gasteiger partial charge < -0.3 is 5.32 Å². The van der Waals surface area contributed by atoms with Crippen LogP contribution >= 0.6 is 11.3 Å². The first-order chi connectivity index (χ1) is 9.69. The minimum absolute atomic E-state index is 0.748. The molecule has 0 bridgehead atoms. The second-order valence-corrected chi connectivity index (χ2v) is 7.20. The van der Waals surface area contributed by atoms with Crippen molar-refractivity contribution in [3.8, 4) is 0 Å². The van der Waals surface area contributed by atoms with E-state index in [1.54, 1.807) is 0 Å². The topological polar surface area (TPSA) is 18.5 Å². The maximum Gasteiger partial charge on any atom is 0.0300 e. The summed E-state index contributed by atoms with van der Waals surface area (Å²) < 4.78 is 0. The molecule has 0 spiro atoms. The van der Waals surface area contributed by atoms with E-state index in [4.69, 9.17) is 0 Å². The Balaban J connectivity index is 1.57. The zero-order chi connectivity index (χ0) is 14.4. The molecule has 1 N–H and O–H groups in total. The minimum atomic E-state index is 0.748. The highest BCUT2D eigenvalue weighted by Gasteiger charge is 2.19. The maximum absolute atomic E-state index is 3.56. The lowest BCUT2D eigenvalue weighted by Gasteiger charge is -2.37. The second-order valence-electron chi connectivity index (χ2n) is 5.82. The fourth-order valence-corrected chi connectivity index (χ4v) is 3.57. The molecule has 0 saturated carbocycles. The van der Waals surface area contributed by atoms with E-state index in [2.05, 4.69) is 48.0 Å². The van der Waals surface area contributed by atoms with Crippen LogP contribution in [0.25, 0.3) is 0 Å². The second kappa shape index (κ2) is 8.13. The van der Waals surface area contributed by atoms with Crippen LogP contribution < -0.4 is 5.32 Å². The van der Waals surface area contributed by atoms with Crippen LogP contribution in [0.15, 0.2) is 12.1 Å². The molecule has 114 valence electrons. The molecular weight excluding hydrogens is 266 g/mol. The molecule has 1 aliphatic rings. The summed E-state index contributed by atoms with van der Waals surface area (Å²) in [7, 11) is 0. The molecule has 2 rings (SSSR count). The van der Waals surface area contributed by atoms with Gasteiger partial charge in [0.15, 0.2) is 0 Å². The average Bonchev–Trinajstić information content (AvgIpc) is 2.89. The first-order valence-corrected chi connectivity index (χ1v) is 8.73. The van der Waals surface area contributed by atoms with Crippen LogP contribution in [-0.4, -0.2) is 55.1 Å². The Kier molecular flexibility index (Phi) is 6.49. The Morgan fingerprint density at radius 1 is 1.25 bits per heavy atom. The summed E-state index contributed by atoms with van der Waals surface area (Å²) in [5.74, 6) is 0. The molecule has 1 fully saturated rings. The Labute approximate surface area is 128 Å². The molecule has 1 aromatic heterocycles. The van der Waals surface area contributed by atoms with Crippen LogP contribution in [0.2, 0.25) is 0 Å². The van der Waals surface area contributed by atoms with E-state index in [1.807, 2.05) is 11.3 Å². The molecule has 1 unspecified atom stereocenters. The lowest BCUT2D eigenvalue weighted by molar-refractivity contribution is 0.101. The molecule has 1 atom stereocenters. The zero-order valence-electron chi connectivity index (χ0n) is 13.2. The van der Waals surface area contributed by atoms with E-state index >= 15 is 0 Å². The van der Waals surface area contributed by atoms with Crippen LogP contribution in [0.3, 0.4) is 0 Å². The van der Waals surface area contributed by atoms with Crippen molar-refractivity contribution < 1.29 is 0 Å². The van der Waals surface area contributed by atoms with Crippen molar-refractivity contribution in [2.75, 3.05) is 39.3 Å². The average molecular weight is 295 g/mol. The summed E-state index contributed by atoms with van der Waals surface area (Å²) >= 11 is 1.90. The van der Waals surface area contributed by atoms with Gasteiger partial charge in [-0.1, -0.05) is 6.92 Å². The molecule has 20 heavy (non-hydrogen) atoms. The van der Waals surface area contributed by atoms with Crippen molar-refractivity contribution in [2.45, 2.75) is 39.8 Å². The Morgan fingerprint density at radius 2 is 2.00 bits per heavy atom. The molecule has 1 aliphatic heterocycles. The van der Waals surface area contributed by atoms with Crippen molar-refractivity contribution >= 4 is 11.3 Å². The van der Waals surface area contributed by atoms with E-state index in [9.17, 15) is 0 Å². The number of nitrogens with zero attached hydrogens (tertiary/aromatic N) is 2. The highest BCUT2D eigenvalue weighted by molar-refractivity contribution is 7.11. The van der Waals surface area contributed by atoms with Gasteiger partial charge in [0.1, 0.15) is 0 Å². The van der Waals surface area contributed by atoms with Crippen LogP contribution in [0.1, 0.15) is 30.0 Å². The van der Waals surface area contributed by atoms with Crippen LogP contribution in [-0.2, 0) is 6.54 Å². The van der Waals surface area contributed by atoms with Crippen molar-refractivity contribution in [3.05, 3.63) is 21.9 Å². The zero-order valence-corrected chi connectivity index (χ0v) is 14.0. The van der Waals surface area contributed by atoms with Gasteiger partial charge in [-0.15, -0.1) is 11.3 Å². The fourth-order valence-electron chi connectivity index (χ4n) is 2.71. The third-order valence-electron chi connectivity index (χ3n) is 4.32. The molecule has 3 nitrogen and oxygen atoms in total. The van der Waals surface area contributed by atoms with Gasteiger partial charge in [0.2, 0.25) is 0 Å². The SMILES string of the molecule is CCC(C)N1CCN(CCNCc2ccc(C)s2)CC1. The lowest BCUT2D eigenvalue weighted by atomic mass is 10.2. The van der Waals surface area contributed by atoms with E-state index in [1.165, 1.54) is 48.9 Å². The molecule has 1 aromatic rings. The highest BCUT2D eigenvalue weighted by atomic mass is 32.1. The maximum atomic E-state index is 3.56. The van der Waals surface area contributed by atoms with Crippen LogP contribution in [0, 0.1) is 6.92 Å². The smallest absolute Gasteiger partial charge is 0.0300 e. The van der Waals surface area contributed by atoms with Gasteiger partial charge in [-0.3, -0.25) is 9.80 Å². The predicted octanol–water partition coefficient (Wildman–Crippen LogP) is 2.56. The van der Waals surface area contributed by atoms with E-state index in [0.29, 0.717) is 0 Å². The van der Waals surface area contributed by atoms with Gasteiger partial charge in [-0.05, 0) is 32.4 Å². The number of hydrogen-bond donors (Lipinski definition) is 1. The molecule has 4 heteroatoms. The number of rotatable bonds is 7. The lowest BCUT2D eigenvalue weighted by Crippen LogP contribution is -2.50. The molecule has 2 heterocycles. The van der Waals surface area contributed by atoms with Gasteiger partial charge in [-0.25, -0.2) is 0 Å². The van der Waals surface area contributed by atoms with Crippen molar-refractivity contribution in [1.82, 2.24) is 15.1 Å². The number of hydrogen-bond acceptors (Lipinski definition) is 4. The van der Waals surface area contributed by atoms with Gasteiger partial charge in [0, 0.05) is 61.6 Å². The van der Waals surface area contributed by atoms with Gasteiger partial charge in [0.25, 0.3) is 0 Å². The third-order valence-corrected chi connectivity index (χ3v) is 5.32. The van der Waals surface area contributed by atoms with Crippen molar-refractivity contribution in [2.24, 2.45) is 0 Å². The fraction of sp³-hybridized carbons (Fsp3) is 0.750. The Morgan fingerprint density at radius 3 is 2.60 bits per heavy atom. The van der Waals surface area contributed by atoms with Crippen molar-refractivity contribution in [3.63, 3.8) is 0 Å². The van der Waals surface area contributed by atoms with Gasteiger partial charge in [-0.2, -0.15) is 0 Å². The molecule has 1 saturated heterocycles. The van der Waals surface area contributed by atoms with Crippen molar-refractivity contribution in [1.29, 1.82) is 0 Å². The van der Waals surface area contributed by atoms with E-state index in [-0.39, 0.29) is 0 Å². The molecule has 0 amide bonds. The quantitative estimate of drug-likeness (QED) is 0.780. The summed E-state index contributed by atoms with van der Waals surface area (Å²) in [6, 6.07) is 5.19. The third kappa shape index (κ3) is 4.85. The van der Waals surface area contributed by atoms with E-state index in [0.717, 1.165) is 19.1 Å². The summed E-state index contributed by atoms with van der Waals surface area (Å²) in [5.41, 5.74) is 0. The van der Waals surface area contributed by atoms with Gasteiger partial charge >= 0.3 is 0 Å². The summed E-state index contributed by atoms with van der Waals surface area (Å²) in [6.45, 7) is 15.0. The minimum Gasteiger partial charge on any atom is -0.311 e. The Bertz CT molecular complexity index is 383. The monoisotopic (exact) mass is 295 g/mol. The summed E-state index contributed by atoms with van der Waals surface area (Å²) in [5, 5.41) is 3.56. The number of thiophene rings is 1. The highest BCUT2D eigenvalue weighted by Crippen LogP contribution is 2.14. The molecule has 0 aliphatic carbocycles. The van der Waals surface area contributed by atoms with Crippen LogP contribution in [0.4, 0.5) is 0 Å². The largest absolute Gasteiger partial charge is 0.311 e. The van der Waals surface area contributed by atoms with Gasteiger partial charge in [0.05, 0.1) is 0 Å². The first-order valence-electron chi connectivity index (χ1n) is 7.91. The summed E-state index contributed by atoms with van der Waals surface area (Å²) in [6.07, 6.45) is 1.27. The normalized spacial score (nSPS) is 19.4.